The van der Waals surface area contributed by atoms with E-state index in [1.54, 1.807) is 25.3 Å². The molecule has 12 heteroatoms. The Morgan fingerprint density at radius 1 is 1.22 bits per heavy atom. The summed E-state index contributed by atoms with van der Waals surface area (Å²) in [5.74, 6) is -1.48. The monoisotopic (exact) mass is 628 g/mol. The third-order valence-electron chi connectivity index (χ3n) is 9.06. The number of piperidine rings is 1. The summed E-state index contributed by atoms with van der Waals surface area (Å²) < 4.78 is 27.3. The molecule has 0 amide bonds. The molecule has 3 aliphatic rings. The summed E-state index contributed by atoms with van der Waals surface area (Å²) in [4.78, 5) is 22.5. The fourth-order valence-electron chi connectivity index (χ4n) is 6.34. The number of pyridine rings is 1. The molecular weight excluding hydrogens is 599 g/mol. The average Bonchev–Trinajstić information content (AvgIpc) is 3.44. The predicted molar refractivity (Wildman–Crippen MR) is 161 cm³/mol. The molecule has 4 heterocycles. The second-order valence-electron chi connectivity index (χ2n) is 12.2. The van der Waals surface area contributed by atoms with Gasteiger partial charge in [-0.15, -0.1) is 0 Å². The van der Waals surface area contributed by atoms with E-state index < -0.39 is 17.6 Å². The number of H-pyrrole nitrogens is 1. The molecule has 230 valence electrons. The highest BCUT2D eigenvalue weighted by Crippen LogP contribution is 2.50. The zero-order valence-electron chi connectivity index (χ0n) is 24.5. The third kappa shape index (κ3) is 5.60. The number of para-hydroxylation sites is 1. The van der Waals surface area contributed by atoms with E-state index in [1.165, 1.54) is 6.07 Å². The third-order valence-corrected chi connectivity index (χ3v) is 9.29. The number of halogens is 2. The van der Waals surface area contributed by atoms with E-state index in [4.69, 9.17) is 26.1 Å². The summed E-state index contributed by atoms with van der Waals surface area (Å²) in [5.41, 5.74) is 3.40. The van der Waals surface area contributed by atoms with E-state index in [0.29, 0.717) is 35.1 Å². The molecule has 0 unspecified atom stereocenters. The van der Waals surface area contributed by atoms with E-state index in [2.05, 4.69) is 32.2 Å². The van der Waals surface area contributed by atoms with Crippen LogP contribution in [0.5, 0.6) is 11.5 Å². The lowest BCUT2D eigenvalue weighted by Crippen LogP contribution is -2.34. The summed E-state index contributed by atoms with van der Waals surface area (Å²) in [6.07, 6.45) is 5.70. The fraction of sp³-hybridized carbons (Fsp3) is 0.364. The molecule has 0 bridgehead atoms. The Morgan fingerprint density at radius 3 is 2.71 bits per heavy atom. The topological polar surface area (TPSA) is 137 Å². The van der Waals surface area contributed by atoms with Crippen LogP contribution in [0.2, 0.25) is 5.02 Å². The largest absolute Gasteiger partial charge is 0.475 e. The lowest BCUT2D eigenvalue weighted by molar-refractivity contribution is -0.0712. The minimum atomic E-state index is -1.30. The van der Waals surface area contributed by atoms with Gasteiger partial charge in [0, 0.05) is 35.8 Å². The van der Waals surface area contributed by atoms with Crippen molar-refractivity contribution >= 4 is 17.6 Å². The van der Waals surface area contributed by atoms with Crippen molar-refractivity contribution < 1.29 is 23.8 Å². The van der Waals surface area contributed by atoms with Crippen LogP contribution in [-0.2, 0) is 18.8 Å². The van der Waals surface area contributed by atoms with Crippen LogP contribution in [0, 0.1) is 22.6 Å². The predicted octanol–water partition coefficient (Wildman–Crippen LogP) is 6.23. The van der Waals surface area contributed by atoms with Crippen LogP contribution in [-0.4, -0.2) is 49.2 Å². The van der Waals surface area contributed by atoms with Gasteiger partial charge in [0.15, 0.2) is 17.3 Å². The first-order valence-electron chi connectivity index (χ1n) is 14.9. The number of carbonyl (C=O) groups is 1. The number of rotatable bonds is 8. The van der Waals surface area contributed by atoms with Crippen molar-refractivity contribution in [3.05, 3.63) is 87.7 Å². The molecule has 2 N–H and O–H groups in total. The summed E-state index contributed by atoms with van der Waals surface area (Å²) in [7, 11) is 0. The number of aromatic carboxylic acids is 1. The molecular formula is C33H30ClFN6O4. The molecule has 2 fully saturated rings. The normalized spacial score (nSPS) is 20.6. The number of hydrogen-bond donors (Lipinski definition) is 2. The Balaban J connectivity index is 1.07. The number of benzene rings is 2. The molecule has 45 heavy (non-hydrogen) atoms. The van der Waals surface area contributed by atoms with Gasteiger partial charge in [-0.3, -0.25) is 15.0 Å². The molecule has 0 spiro atoms. The van der Waals surface area contributed by atoms with Gasteiger partial charge in [-0.25, -0.2) is 14.2 Å². The number of fused-ring (bicyclic) bond motifs is 1. The number of ether oxygens (including phenoxy) is 2. The van der Waals surface area contributed by atoms with Crippen LogP contribution in [0.4, 0.5) is 4.39 Å². The number of nitriles is 1. The molecule has 2 aromatic carbocycles. The van der Waals surface area contributed by atoms with Gasteiger partial charge in [0.2, 0.25) is 5.82 Å². The number of carboxylic acids is 1. The van der Waals surface area contributed by atoms with Crippen molar-refractivity contribution in [1.29, 1.82) is 5.26 Å². The highest BCUT2D eigenvalue weighted by atomic mass is 35.5. The van der Waals surface area contributed by atoms with Gasteiger partial charge in [0.1, 0.15) is 5.82 Å². The molecule has 10 nitrogen and oxygen atoms in total. The molecule has 1 atom stereocenters. The minimum absolute atomic E-state index is 0.231. The lowest BCUT2D eigenvalue weighted by atomic mass is 9.88. The summed E-state index contributed by atoms with van der Waals surface area (Å²) in [6, 6.07) is 14.7. The fourth-order valence-corrected chi connectivity index (χ4v) is 6.50. The number of hydrogen-bond acceptors (Lipinski definition) is 8. The van der Waals surface area contributed by atoms with Gasteiger partial charge >= 0.3 is 5.97 Å². The van der Waals surface area contributed by atoms with E-state index in [9.17, 15) is 19.6 Å². The first kappa shape index (κ1) is 29.2. The van der Waals surface area contributed by atoms with E-state index in [1.807, 2.05) is 18.2 Å². The van der Waals surface area contributed by atoms with Crippen molar-refractivity contribution in [2.45, 2.75) is 57.3 Å². The van der Waals surface area contributed by atoms with Crippen LogP contribution < -0.4 is 9.47 Å². The van der Waals surface area contributed by atoms with Crippen LogP contribution in [0.25, 0.3) is 11.4 Å². The number of aromatic amines is 1. The van der Waals surface area contributed by atoms with E-state index in [0.717, 1.165) is 55.6 Å². The molecule has 4 aromatic rings. The highest BCUT2D eigenvalue weighted by molar-refractivity contribution is 6.30. The SMILES string of the molecule is C[C@]1(c2ccc(Cl)cc2F)Oc2cccc(C3CCN(Cc4ncc(-c5n[nH]c(C(=O)O)n5)cc4CC4(C#N)CC4)CC3)c2O1. The molecule has 7 rings (SSSR count). The first-order chi connectivity index (χ1) is 21.6. The van der Waals surface area contributed by atoms with E-state index >= 15 is 0 Å². The summed E-state index contributed by atoms with van der Waals surface area (Å²) >= 11 is 5.97. The first-order valence-corrected chi connectivity index (χ1v) is 15.3. The quantitative estimate of drug-likeness (QED) is 0.233. The van der Waals surface area contributed by atoms with Gasteiger partial charge in [-0.2, -0.15) is 10.4 Å². The summed E-state index contributed by atoms with van der Waals surface area (Å²) in [5, 5.41) is 25.8. The molecule has 1 saturated heterocycles. The second kappa shape index (κ2) is 11.1. The number of nitrogens with zero attached hydrogens (tertiary/aromatic N) is 5. The lowest BCUT2D eigenvalue weighted by Gasteiger charge is -2.33. The number of aromatic nitrogens is 4. The van der Waals surface area contributed by atoms with Crippen LogP contribution in [0.1, 0.15) is 71.5 Å². The Labute approximate surface area is 263 Å². The Morgan fingerprint density at radius 2 is 2.02 bits per heavy atom. The van der Waals surface area contributed by atoms with Crippen molar-refractivity contribution in [3.63, 3.8) is 0 Å². The maximum Gasteiger partial charge on any atom is 0.373 e. The van der Waals surface area contributed by atoms with Gasteiger partial charge in [0.25, 0.3) is 5.79 Å². The average molecular weight is 629 g/mol. The maximum atomic E-state index is 14.8. The minimum Gasteiger partial charge on any atom is -0.475 e. The van der Waals surface area contributed by atoms with Crippen molar-refractivity contribution in [3.8, 4) is 29.0 Å². The molecule has 1 aliphatic carbocycles. The van der Waals surface area contributed by atoms with Gasteiger partial charge < -0.3 is 14.6 Å². The molecule has 1 saturated carbocycles. The smallest absolute Gasteiger partial charge is 0.373 e. The Bertz CT molecular complexity index is 1850. The summed E-state index contributed by atoms with van der Waals surface area (Å²) in [6.45, 7) is 3.99. The highest BCUT2D eigenvalue weighted by Gasteiger charge is 2.44. The maximum absolute atomic E-state index is 14.8. The molecule has 2 aromatic heterocycles. The van der Waals surface area contributed by atoms with Crippen LogP contribution in [0.3, 0.4) is 0 Å². The molecule has 2 aliphatic heterocycles. The van der Waals surface area contributed by atoms with Crippen LogP contribution >= 0.6 is 11.6 Å². The zero-order valence-corrected chi connectivity index (χ0v) is 25.3. The van der Waals surface area contributed by atoms with Crippen molar-refractivity contribution in [2.24, 2.45) is 5.41 Å². The zero-order chi connectivity index (χ0) is 31.3. The van der Waals surface area contributed by atoms with Crippen LogP contribution in [0.15, 0.2) is 48.7 Å². The standard InChI is InChI=1S/C33H30ClFN6O4/c1-32(24-6-5-22(34)14-25(24)35)44-27-4-2-3-23(28(27)45-32)19-7-11-41(12-8-19)17-26-20(15-33(18-36)9-10-33)13-21(16-37-26)29-38-30(31(42)43)40-39-29/h2-6,13-14,16,19H,7-12,15,17H2,1H3,(H,42,43)(H,38,39,40)/t32-/m0/s1. The van der Waals surface area contributed by atoms with Gasteiger partial charge in [-0.1, -0.05) is 23.7 Å². The van der Waals surface area contributed by atoms with Crippen molar-refractivity contribution in [2.75, 3.05) is 13.1 Å². The van der Waals surface area contributed by atoms with Gasteiger partial charge in [0.05, 0.1) is 22.7 Å². The Hall–Kier alpha value is -4.53. The number of likely N-dealkylation sites (tertiary alicyclic amines) is 1. The van der Waals surface area contributed by atoms with Gasteiger partial charge in [-0.05, 0) is 87.0 Å². The number of nitrogens with one attached hydrogen (secondary N) is 1. The Kier molecular flexibility index (Phi) is 7.22. The number of carboxylic acid groups (broad SMARTS) is 1. The second-order valence-corrected chi connectivity index (χ2v) is 12.6. The molecule has 0 radical (unpaired) electrons. The van der Waals surface area contributed by atoms with Crippen molar-refractivity contribution in [1.82, 2.24) is 25.1 Å². The van der Waals surface area contributed by atoms with E-state index in [-0.39, 0.29) is 28.5 Å².